The van der Waals surface area contributed by atoms with Crippen LogP contribution in [0.25, 0.3) is 10.9 Å². The lowest BCUT2D eigenvalue weighted by Gasteiger charge is -2.12. The largest absolute Gasteiger partial charge is 0.477 e. The number of rotatable bonds is 2. The Morgan fingerprint density at radius 1 is 1.38 bits per heavy atom. The SMILES string of the molecule is CC(C)n1c(C(=O)O)c(I)c2ccccc21. The van der Waals surface area contributed by atoms with Crippen LogP contribution in [0.5, 0.6) is 0 Å². The molecule has 0 saturated carbocycles. The Hall–Kier alpha value is -1.04. The van der Waals surface area contributed by atoms with E-state index >= 15 is 0 Å². The molecule has 84 valence electrons. The molecule has 0 radical (unpaired) electrons. The van der Waals surface area contributed by atoms with Crippen molar-refractivity contribution < 1.29 is 9.90 Å². The summed E-state index contributed by atoms with van der Waals surface area (Å²) >= 11 is 2.11. The highest BCUT2D eigenvalue weighted by atomic mass is 127. The van der Waals surface area contributed by atoms with E-state index in [0.717, 1.165) is 14.5 Å². The zero-order valence-corrected chi connectivity index (χ0v) is 11.2. The van der Waals surface area contributed by atoms with Gasteiger partial charge in [-0.3, -0.25) is 0 Å². The van der Waals surface area contributed by atoms with Crippen LogP contribution in [0.2, 0.25) is 0 Å². The molecule has 0 aliphatic carbocycles. The Morgan fingerprint density at radius 3 is 2.56 bits per heavy atom. The first-order valence-corrected chi connectivity index (χ1v) is 6.13. The topological polar surface area (TPSA) is 42.2 Å². The fourth-order valence-electron chi connectivity index (χ4n) is 1.96. The zero-order chi connectivity index (χ0) is 11.9. The molecular formula is C12H12INO2. The summed E-state index contributed by atoms with van der Waals surface area (Å²) in [6, 6.07) is 7.93. The highest BCUT2D eigenvalue weighted by molar-refractivity contribution is 14.1. The van der Waals surface area contributed by atoms with Crippen molar-refractivity contribution in [3.8, 4) is 0 Å². The molecular weight excluding hydrogens is 317 g/mol. The molecule has 1 heterocycles. The average molecular weight is 329 g/mol. The first-order valence-electron chi connectivity index (χ1n) is 5.05. The smallest absolute Gasteiger partial charge is 0.353 e. The summed E-state index contributed by atoms with van der Waals surface area (Å²) in [5.41, 5.74) is 1.37. The van der Waals surface area contributed by atoms with Crippen molar-refractivity contribution in [1.29, 1.82) is 0 Å². The molecule has 0 bridgehead atoms. The van der Waals surface area contributed by atoms with E-state index in [1.165, 1.54) is 0 Å². The molecule has 0 amide bonds. The molecule has 0 aliphatic rings. The van der Waals surface area contributed by atoms with Crippen molar-refractivity contribution in [1.82, 2.24) is 4.57 Å². The molecule has 0 saturated heterocycles. The van der Waals surface area contributed by atoms with Crippen molar-refractivity contribution >= 4 is 39.5 Å². The number of carboxylic acids is 1. The van der Waals surface area contributed by atoms with Crippen molar-refractivity contribution in [2.45, 2.75) is 19.9 Å². The quantitative estimate of drug-likeness (QED) is 0.857. The molecule has 1 aromatic carbocycles. The molecule has 0 spiro atoms. The van der Waals surface area contributed by atoms with Crippen LogP contribution in [0.3, 0.4) is 0 Å². The van der Waals surface area contributed by atoms with E-state index in [0.29, 0.717) is 5.69 Å². The van der Waals surface area contributed by atoms with Crippen LogP contribution in [0, 0.1) is 3.57 Å². The molecule has 1 aromatic heterocycles. The van der Waals surface area contributed by atoms with E-state index < -0.39 is 5.97 Å². The molecule has 0 fully saturated rings. The lowest BCUT2D eigenvalue weighted by Crippen LogP contribution is -2.11. The van der Waals surface area contributed by atoms with Crippen LogP contribution in [-0.2, 0) is 0 Å². The van der Waals surface area contributed by atoms with Crippen LogP contribution in [0.4, 0.5) is 0 Å². The van der Waals surface area contributed by atoms with Gasteiger partial charge in [-0.2, -0.15) is 0 Å². The van der Waals surface area contributed by atoms with Crippen LogP contribution in [0.15, 0.2) is 24.3 Å². The summed E-state index contributed by atoms with van der Waals surface area (Å²) in [4.78, 5) is 11.3. The first kappa shape index (κ1) is 11.4. The highest BCUT2D eigenvalue weighted by Gasteiger charge is 2.21. The summed E-state index contributed by atoms with van der Waals surface area (Å²) in [6.07, 6.45) is 0. The molecule has 2 rings (SSSR count). The summed E-state index contributed by atoms with van der Waals surface area (Å²) in [7, 11) is 0. The minimum absolute atomic E-state index is 0.138. The molecule has 2 aromatic rings. The first-order chi connectivity index (χ1) is 7.54. The Bertz CT molecular complexity index is 557. The minimum Gasteiger partial charge on any atom is -0.477 e. The summed E-state index contributed by atoms with van der Waals surface area (Å²) in [5, 5.41) is 10.3. The molecule has 0 aliphatic heterocycles. The lowest BCUT2D eigenvalue weighted by atomic mass is 10.2. The predicted molar refractivity (Wildman–Crippen MR) is 72.0 cm³/mol. The van der Waals surface area contributed by atoms with E-state index in [1.54, 1.807) is 0 Å². The summed E-state index contributed by atoms with van der Waals surface area (Å²) in [5.74, 6) is -0.866. The molecule has 3 nitrogen and oxygen atoms in total. The summed E-state index contributed by atoms with van der Waals surface area (Å²) < 4.78 is 2.69. The van der Waals surface area contributed by atoms with Crippen LogP contribution in [-0.4, -0.2) is 15.6 Å². The van der Waals surface area contributed by atoms with E-state index in [9.17, 15) is 9.90 Å². The molecule has 0 unspecified atom stereocenters. The number of fused-ring (bicyclic) bond motifs is 1. The highest BCUT2D eigenvalue weighted by Crippen LogP contribution is 2.30. The second kappa shape index (κ2) is 4.08. The van der Waals surface area contributed by atoms with Crippen molar-refractivity contribution in [2.24, 2.45) is 0 Å². The van der Waals surface area contributed by atoms with Gasteiger partial charge in [-0.05, 0) is 42.5 Å². The van der Waals surface area contributed by atoms with Crippen LogP contribution >= 0.6 is 22.6 Å². The zero-order valence-electron chi connectivity index (χ0n) is 9.07. The second-order valence-corrected chi connectivity index (χ2v) is 5.03. The Labute approximate surface area is 107 Å². The fraction of sp³-hybridized carbons (Fsp3) is 0.250. The van der Waals surface area contributed by atoms with E-state index in [1.807, 2.05) is 42.7 Å². The van der Waals surface area contributed by atoms with E-state index in [2.05, 4.69) is 22.6 Å². The normalized spacial score (nSPS) is 11.2. The number of benzene rings is 1. The standard InChI is InChI=1S/C12H12INO2/c1-7(2)14-9-6-4-3-5-8(9)10(13)11(14)12(15)16/h3-7H,1-2H3,(H,15,16). The maximum absolute atomic E-state index is 11.3. The Kier molecular flexibility index (Phi) is 2.92. The van der Waals surface area contributed by atoms with Crippen LogP contribution in [0.1, 0.15) is 30.4 Å². The Morgan fingerprint density at radius 2 is 2.00 bits per heavy atom. The van der Waals surface area contributed by atoms with Crippen molar-refractivity contribution in [3.63, 3.8) is 0 Å². The molecule has 1 N–H and O–H groups in total. The minimum atomic E-state index is -0.866. The van der Waals surface area contributed by atoms with E-state index in [-0.39, 0.29) is 6.04 Å². The monoisotopic (exact) mass is 329 g/mol. The molecule has 4 heteroatoms. The van der Waals surface area contributed by atoms with Gasteiger partial charge in [0.25, 0.3) is 0 Å². The molecule has 16 heavy (non-hydrogen) atoms. The van der Waals surface area contributed by atoms with Gasteiger partial charge < -0.3 is 9.67 Å². The number of hydrogen-bond acceptors (Lipinski definition) is 1. The maximum Gasteiger partial charge on any atom is 0.353 e. The van der Waals surface area contributed by atoms with Gasteiger partial charge in [0.15, 0.2) is 0 Å². The van der Waals surface area contributed by atoms with Gasteiger partial charge in [0.1, 0.15) is 5.69 Å². The third kappa shape index (κ3) is 1.61. The van der Waals surface area contributed by atoms with Gasteiger partial charge in [0.2, 0.25) is 0 Å². The second-order valence-electron chi connectivity index (χ2n) is 3.95. The third-order valence-corrected chi connectivity index (χ3v) is 3.66. The maximum atomic E-state index is 11.3. The number of aromatic nitrogens is 1. The number of para-hydroxylation sites is 1. The Balaban J connectivity index is 2.92. The number of nitrogens with zero attached hydrogens (tertiary/aromatic N) is 1. The van der Waals surface area contributed by atoms with Crippen molar-refractivity contribution in [2.75, 3.05) is 0 Å². The number of carboxylic acid groups (broad SMARTS) is 1. The van der Waals surface area contributed by atoms with Gasteiger partial charge in [0.05, 0.1) is 9.09 Å². The fourth-order valence-corrected chi connectivity index (χ4v) is 2.90. The number of halogens is 1. The van der Waals surface area contributed by atoms with Crippen molar-refractivity contribution in [3.05, 3.63) is 33.5 Å². The third-order valence-electron chi connectivity index (χ3n) is 2.57. The van der Waals surface area contributed by atoms with Gasteiger partial charge in [-0.1, -0.05) is 18.2 Å². The average Bonchev–Trinajstić information content (AvgIpc) is 2.53. The summed E-state index contributed by atoms with van der Waals surface area (Å²) in [6.45, 7) is 3.99. The van der Waals surface area contributed by atoms with Gasteiger partial charge in [0, 0.05) is 11.4 Å². The predicted octanol–water partition coefficient (Wildman–Crippen LogP) is 3.53. The van der Waals surface area contributed by atoms with E-state index in [4.69, 9.17) is 0 Å². The number of hydrogen-bond donors (Lipinski definition) is 1. The molecule has 0 atom stereocenters. The lowest BCUT2D eigenvalue weighted by molar-refractivity contribution is 0.0683. The van der Waals surface area contributed by atoms with Gasteiger partial charge in [-0.25, -0.2) is 4.79 Å². The van der Waals surface area contributed by atoms with Crippen LogP contribution < -0.4 is 0 Å². The number of carbonyl (C=O) groups is 1. The number of aromatic carboxylic acids is 1. The van der Waals surface area contributed by atoms with Gasteiger partial charge >= 0.3 is 5.97 Å². The van der Waals surface area contributed by atoms with Gasteiger partial charge in [-0.15, -0.1) is 0 Å².